The first-order chi connectivity index (χ1) is 10.2. The number of benzene rings is 2. The Morgan fingerprint density at radius 3 is 2.43 bits per heavy atom. The van der Waals surface area contributed by atoms with Gasteiger partial charge in [-0.25, -0.2) is 0 Å². The predicted octanol–water partition coefficient (Wildman–Crippen LogP) is 3.73. The van der Waals surface area contributed by atoms with Gasteiger partial charge in [0, 0.05) is 12.1 Å². The van der Waals surface area contributed by atoms with Gasteiger partial charge in [0.2, 0.25) is 0 Å². The second kappa shape index (κ2) is 6.00. The van der Waals surface area contributed by atoms with Crippen LogP contribution in [0.25, 0.3) is 0 Å². The van der Waals surface area contributed by atoms with Crippen LogP contribution in [0.15, 0.2) is 54.6 Å². The minimum Gasteiger partial charge on any atom is -0.394 e. The summed E-state index contributed by atoms with van der Waals surface area (Å²) in [4.78, 5) is 2.46. The number of hydrogen-bond donors (Lipinski definition) is 1. The summed E-state index contributed by atoms with van der Waals surface area (Å²) in [6, 6.07) is 19.8. The maximum atomic E-state index is 9.97. The van der Waals surface area contributed by atoms with E-state index in [9.17, 15) is 5.11 Å². The highest BCUT2D eigenvalue weighted by atomic mass is 16.3. The maximum Gasteiger partial charge on any atom is 0.0628 e. The fourth-order valence-electron chi connectivity index (χ4n) is 3.72. The van der Waals surface area contributed by atoms with Crippen LogP contribution in [0.5, 0.6) is 0 Å². The van der Waals surface area contributed by atoms with Crippen LogP contribution in [0.4, 0.5) is 0 Å². The lowest BCUT2D eigenvalue weighted by Gasteiger charge is -2.44. The van der Waals surface area contributed by atoms with E-state index in [1.54, 1.807) is 0 Å². The van der Waals surface area contributed by atoms with Crippen molar-refractivity contribution in [1.29, 1.82) is 0 Å². The first-order valence-corrected chi connectivity index (χ1v) is 7.73. The molecule has 110 valence electrons. The van der Waals surface area contributed by atoms with Crippen LogP contribution < -0.4 is 0 Å². The molecule has 0 aromatic heterocycles. The van der Waals surface area contributed by atoms with Gasteiger partial charge in [0.15, 0.2) is 0 Å². The van der Waals surface area contributed by atoms with E-state index in [0.29, 0.717) is 12.1 Å². The summed E-state index contributed by atoms with van der Waals surface area (Å²) < 4.78 is 0. The van der Waals surface area contributed by atoms with Gasteiger partial charge in [0.1, 0.15) is 0 Å². The highest BCUT2D eigenvalue weighted by molar-refractivity contribution is 5.34. The van der Waals surface area contributed by atoms with E-state index in [0.717, 1.165) is 6.42 Å². The van der Waals surface area contributed by atoms with E-state index >= 15 is 0 Å². The van der Waals surface area contributed by atoms with Crippen molar-refractivity contribution < 1.29 is 5.11 Å². The van der Waals surface area contributed by atoms with Gasteiger partial charge < -0.3 is 5.11 Å². The van der Waals surface area contributed by atoms with Crippen molar-refractivity contribution in [2.45, 2.75) is 38.4 Å². The summed E-state index contributed by atoms with van der Waals surface area (Å²) in [5, 5.41) is 9.97. The Hall–Kier alpha value is -1.64. The van der Waals surface area contributed by atoms with Gasteiger partial charge in [-0.1, -0.05) is 54.6 Å². The number of nitrogens with zero attached hydrogens (tertiary/aromatic N) is 1. The van der Waals surface area contributed by atoms with Crippen LogP contribution in [-0.4, -0.2) is 22.7 Å². The van der Waals surface area contributed by atoms with Crippen LogP contribution in [-0.2, 0) is 6.42 Å². The standard InChI is InChI=1S/C19H23NO/c1-14-12-17-10-6-7-11-18(17)15(2)20(14)19(13-21)16-8-4-3-5-9-16/h3-11,14-15,19,21H,12-13H2,1-2H3/t14-,15-,19-/m0/s1. The summed E-state index contributed by atoms with van der Waals surface area (Å²) in [6.07, 6.45) is 1.05. The van der Waals surface area contributed by atoms with Crippen molar-refractivity contribution in [3.8, 4) is 0 Å². The highest BCUT2D eigenvalue weighted by Gasteiger charge is 2.34. The molecule has 0 radical (unpaired) electrons. The third-order valence-electron chi connectivity index (χ3n) is 4.69. The summed E-state index contributed by atoms with van der Waals surface area (Å²) in [5.41, 5.74) is 4.03. The van der Waals surface area contributed by atoms with Gasteiger partial charge in [0.25, 0.3) is 0 Å². The van der Waals surface area contributed by atoms with Crippen molar-refractivity contribution in [2.75, 3.05) is 6.61 Å². The molecule has 0 amide bonds. The van der Waals surface area contributed by atoms with Gasteiger partial charge >= 0.3 is 0 Å². The van der Waals surface area contributed by atoms with Crippen molar-refractivity contribution in [3.05, 3.63) is 71.3 Å². The Bertz CT molecular complexity index is 596. The minimum absolute atomic E-state index is 0.0598. The Balaban J connectivity index is 1.98. The lowest BCUT2D eigenvalue weighted by molar-refractivity contribution is 0.0444. The third-order valence-corrected chi connectivity index (χ3v) is 4.69. The topological polar surface area (TPSA) is 23.5 Å². The summed E-state index contributed by atoms with van der Waals surface area (Å²) in [7, 11) is 0. The van der Waals surface area contributed by atoms with E-state index in [4.69, 9.17) is 0 Å². The lowest BCUT2D eigenvalue weighted by Crippen LogP contribution is -2.44. The number of aliphatic hydroxyl groups is 1. The average Bonchev–Trinajstić information content (AvgIpc) is 2.52. The van der Waals surface area contributed by atoms with E-state index in [1.807, 2.05) is 18.2 Å². The average molecular weight is 281 g/mol. The number of fused-ring (bicyclic) bond motifs is 1. The van der Waals surface area contributed by atoms with Gasteiger partial charge in [-0.2, -0.15) is 0 Å². The fraction of sp³-hybridized carbons (Fsp3) is 0.368. The summed E-state index contributed by atoms with van der Waals surface area (Å²) in [5.74, 6) is 0. The zero-order valence-electron chi connectivity index (χ0n) is 12.7. The second-order valence-corrected chi connectivity index (χ2v) is 5.98. The molecule has 1 N–H and O–H groups in total. The number of hydrogen-bond acceptors (Lipinski definition) is 2. The van der Waals surface area contributed by atoms with Crippen LogP contribution in [0.2, 0.25) is 0 Å². The molecule has 2 aromatic rings. The Kier molecular flexibility index (Phi) is 4.09. The molecule has 2 heteroatoms. The molecule has 0 unspecified atom stereocenters. The molecule has 0 bridgehead atoms. The highest BCUT2D eigenvalue weighted by Crippen LogP contribution is 2.38. The maximum absolute atomic E-state index is 9.97. The molecular formula is C19H23NO. The monoisotopic (exact) mass is 281 g/mol. The van der Waals surface area contributed by atoms with Crippen molar-refractivity contribution in [1.82, 2.24) is 4.90 Å². The van der Waals surface area contributed by atoms with Gasteiger partial charge in [-0.3, -0.25) is 4.90 Å². The van der Waals surface area contributed by atoms with Crippen molar-refractivity contribution in [2.24, 2.45) is 0 Å². The third kappa shape index (κ3) is 2.61. The molecule has 21 heavy (non-hydrogen) atoms. The van der Waals surface area contributed by atoms with E-state index in [2.05, 4.69) is 55.1 Å². The molecule has 0 spiro atoms. The molecule has 1 heterocycles. The molecule has 0 fully saturated rings. The van der Waals surface area contributed by atoms with Crippen LogP contribution >= 0.6 is 0 Å². The quantitative estimate of drug-likeness (QED) is 0.926. The van der Waals surface area contributed by atoms with Gasteiger partial charge in [0.05, 0.1) is 12.6 Å². The molecule has 1 aliphatic rings. The fourth-order valence-corrected chi connectivity index (χ4v) is 3.72. The SMILES string of the molecule is C[C@H]1Cc2ccccc2[C@H](C)N1[C@@H](CO)c1ccccc1. The molecular weight excluding hydrogens is 258 g/mol. The molecule has 3 atom stereocenters. The first kappa shape index (κ1) is 14.3. The first-order valence-electron chi connectivity index (χ1n) is 7.73. The smallest absolute Gasteiger partial charge is 0.0628 e. The van der Waals surface area contributed by atoms with Gasteiger partial charge in [-0.05, 0) is 37.0 Å². The van der Waals surface area contributed by atoms with Crippen molar-refractivity contribution in [3.63, 3.8) is 0 Å². The number of rotatable bonds is 3. The molecule has 2 nitrogen and oxygen atoms in total. The minimum atomic E-state index is 0.0598. The van der Waals surface area contributed by atoms with Crippen LogP contribution in [0.1, 0.15) is 42.6 Å². The molecule has 0 aliphatic carbocycles. The summed E-state index contributed by atoms with van der Waals surface area (Å²) >= 11 is 0. The van der Waals surface area contributed by atoms with Crippen molar-refractivity contribution >= 4 is 0 Å². The zero-order chi connectivity index (χ0) is 14.8. The molecule has 1 aliphatic heterocycles. The largest absolute Gasteiger partial charge is 0.394 e. The normalized spacial score (nSPS) is 23.6. The molecule has 0 saturated heterocycles. The second-order valence-electron chi connectivity index (χ2n) is 5.98. The van der Waals surface area contributed by atoms with E-state index in [-0.39, 0.29) is 12.6 Å². The van der Waals surface area contributed by atoms with Crippen LogP contribution in [0.3, 0.4) is 0 Å². The van der Waals surface area contributed by atoms with Crippen LogP contribution in [0, 0.1) is 0 Å². The molecule has 0 saturated carbocycles. The Morgan fingerprint density at radius 1 is 1.05 bits per heavy atom. The predicted molar refractivity (Wildman–Crippen MR) is 86.1 cm³/mol. The van der Waals surface area contributed by atoms with E-state index < -0.39 is 0 Å². The lowest BCUT2D eigenvalue weighted by atomic mass is 9.87. The Morgan fingerprint density at radius 2 is 1.71 bits per heavy atom. The summed E-state index contributed by atoms with van der Waals surface area (Å²) in [6.45, 7) is 4.67. The zero-order valence-corrected chi connectivity index (χ0v) is 12.7. The Labute approximate surface area is 127 Å². The number of aliphatic hydroxyl groups excluding tert-OH is 1. The van der Waals surface area contributed by atoms with Gasteiger partial charge in [-0.15, -0.1) is 0 Å². The van der Waals surface area contributed by atoms with E-state index in [1.165, 1.54) is 16.7 Å². The molecule has 2 aromatic carbocycles. The molecule has 3 rings (SSSR count).